The first kappa shape index (κ1) is 16.0. The Balaban J connectivity index is 1.63. The second-order valence-corrected chi connectivity index (χ2v) is 7.49. The molecule has 1 unspecified atom stereocenters. The number of amides is 3. The number of imide groups is 1. The third kappa shape index (κ3) is 2.87. The highest BCUT2D eigenvalue weighted by Gasteiger charge is 2.57. The molecule has 0 bridgehead atoms. The SMILES string of the molecule is CC(C)(C)OC(=O)N1CC2(CNCC2C(=O)N2CCOC2=O)C1. The van der Waals surface area contributed by atoms with Crippen LogP contribution in [0.4, 0.5) is 9.59 Å². The number of likely N-dealkylation sites (tertiary alicyclic amines) is 1. The van der Waals surface area contributed by atoms with Crippen molar-refractivity contribution in [3.05, 3.63) is 0 Å². The van der Waals surface area contributed by atoms with E-state index >= 15 is 0 Å². The summed E-state index contributed by atoms with van der Waals surface area (Å²) in [5.74, 6) is -0.520. The minimum absolute atomic E-state index is 0.207. The molecule has 3 amide bonds. The van der Waals surface area contributed by atoms with Gasteiger partial charge in [0.1, 0.15) is 12.2 Å². The summed E-state index contributed by atoms with van der Waals surface area (Å²) in [6.45, 7) is 8.13. The zero-order valence-electron chi connectivity index (χ0n) is 13.8. The Morgan fingerprint density at radius 2 is 2.04 bits per heavy atom. The van der Waals surface area contributed by atoms with Crippen molar-refractivity contribution in [2.45, 2.75) is 26.4 Å². The van der Waals surface area contributed by atoms with Crippen LogP contribution < -0.4 is 5.32 Å². The molecule has 1 atom stereocenters. The quantitative estimate of drug-likeness (QED) is 0.752. The summed E-state index contributed by atoms with van der Waals surface area (Å²) in [6, 6.07) is 0. The minimum Gasteiger partial charge on any atom is -0.447 e. The molecule has 1 N–H and O–H groups in total. The van der Waals surface area contributed by atoms with E-state index in [1.54, 1.807) is 4.90 Å². The minimum atomic E-state index is -0.569. The molecule has 8 heteroatoms. The Kier molecular flexibility index (Phi) is 3.74. The lowest BCUT2D eigenvalue weighted by Crippen LogP contribution is -2.64. The molecule has 3 heterocycles. The highest BCUT2D eigenvalue weighted by Crippen LogP contribution is 2.42. The highest BCUT2D eigenvalue weighted by atomic mass is 16.6. The fourth-order valence-corrected chi connectivity index (χ4v) is 3.44. The van der Waals surface area contributed by atoms with Gasteiger partial charge in [0.2, 0.25) is 5.91 Å². The lowest BCUT2D eigenvalue weighted by atomic mass is 9.71. The first-order chi connectivity index (χ1) is 10.7. The van der Waals surface area contributed by atoms with Crippen molar-refractivity contribution < 1.29 is 23.9 Å². The number of ether oxygens (including phenoxy) is 2. The average molecular weight is 325 g/mol. The van der Waals surface area contributed by atoms with E-state index in [2.05, 4.69) is 5.32 Å². The van der Waals surface area contributed by atoms with Gasteiger partial charge < -0.3 is 19.7 Å². The third-order valence-electron chi connectivity index (χ3n) is 4.55. The van der Waals surface area contributed by atoms with Crippen molar-refractivity contribution in [1.29, 1.82) is 0 Å². The number of hydrogen-bond donors (Lipinski definition) is 1. The Labute approximate surface area is 135 Å². The Morgan fingerprint density at radius 3 is 2.61 bits per heavy atom. The molecule has 0 aromatic carbocycles. The largest absolute Gasteiger partial charge is 0.447 e. The highest BCUT2D eigenvalue weighted by molar-refractivity contribution is 5.95. The number of nitrogens with zero attached hydrogens (tertiary/aromatic N) is 2. The van der Waals surface area contributed by atoms with Gasteiger partial charge in [-0.2, -0.15) is 0 Å². The molecule has 128 valence electrons. The van der Waals surface area contributed by atoms with Gasteiger partial charge in [0.05, 0.1) is 12.5 Å². The lowest BCUT2D eigenvalue weighted by Gasteiger charge is -2.50. The predicted molar refractivity (Wildman–Crippen MR) is 79.7 cm³/mol. The summed E-state index contributed by atoms with van der Waals surface area (Å²) in [5, 5.41) is 3.21. The summed E-state index contributed by atoms with van der Waals surface area (Å²) in [4.78, 5) is 39.1. The van der Waals surface area contributed by atoms with Gasteiger partial charge in [-0.15, -0.1) is 0 Å². The summed E-state index contributed by atoms with van der Waals surface area (Å²) >= 11 is 0. The Bertz CT molecular complexity index is 536. The maximum Gasteiger partial charge on any atom is 0.416 e. The van der Waals surface area contributed by atoms with Crippen LogP contribution in [0.15, 0.2) is 0 Å². The first-order valence-electron chi connectivity index (χ1n) is 7.89. The van der Waals surface area contributed by atoms with Crippen LogP contribution in [0.25, 0.3) is 0 Å². The van der Waals surface area contributed by atoms with Gasteiger partial charge in [-0.3, -0.25) is 4.79 Å². The Hall–Kier alpha value is -1.83. The fraction of sp³-hybridized carbons (Fsp3) is 0.800. The molecule has 3 saturated heterocycles. The van der Waals surface area contributed by atoms with Gasteiger partial charge in [-0.1, -0.05) is 0 Å². The van der Waals surface area contributed by atoms with E-state index in [1.165, 1.54) is 4.90 Å². The molecule has 3 aliphatic rings. The molecule has 3 rings (SSSR count). The third-order valence-corrected chi connectivity index (χ3v) is 4.55. The fourth-order valence-electron chi connectivity index (χ4n) is 3.44. The molecule has 0 aromatic rings. The second kappa shape index (κ2) is 5.36. The van der Waals surface area contributed by atoms with Crippen LogP contribution >= 0.6 is 0 Å². The lowest BCUT2D eigenvalue weighted by molar-refractivity contribution is -0.139. The van der Waals surface area contributed by atoms with E-state index in [1.807, 2.05) is 20.8 Å². The monoisotopic (exact) mass is 325 g/mol. The van der Waals surface area contributed by atoms with Crippen molar-refractivity contribution >= 4 is 18.1 Å². The number of carbonyl (C=O) groups excluding carboxylic acids is 3. The zero-order chi connectivity index (χ0) is 16.8. The van der Waals surface area contributed by atoms with Crippen LogP contribution in [-0.2, 0) is 14.3 Å². The number of nitrogens with one attached hydrogen (secondary N) is 1. The van der Waals surface area contributed by atoms with Crippen LogP contribution in [0.5, 0.6) is 0 Å². The van der Waals surface area contributed by atoms with Gasteiger partial charge in [0.25, 0.3) is 0 Å². The maximum absolute atomic E-state index is 12.6. The van der Waals surface area contributed by atoms with Crippen LogP contribution in [0.3, 0.4) is 0 Å². The molecule has 0 aliphatic carbocycles. The molecular weight excluding hydrogens is 302 g/mol. The van der Waals surface area contributed by atoms with Crippen molar-refractivity contribution in [3.8, 4) is 0 Å². The molecule has 23 heavy (non-hydrogen) atoms. The number of rotatable bonds is 1. The first-order valence-corrected chi connectivity index (χ1v) is 7.89. The van der Waals surface area contributed by atoms with Gasteiger partial charge in [-0.05, 0) is 20.8 Å². The normalized spacial score (nSPS) is 26.2. The molecule has 3 fully saturated rings. The van der Waals surface area contributed by atoms with E-state index in [-0.39, 0.29) is 29.9 Å². The molecule has 1 spiro atoms. The predicted octanol–water partition coefficient (Wildman–Crippen LogP) is 0.422. The van der Waals surface area contributed by atoms with Crippen LogP contribution in [0.1, 0.15) is 20.8 Å². The van der Waals surface area contributed by atoms with Crippen molar-refractivity contribution in [3.63, 3.8) is 0 Å². The van der Waals surface area contributed by atoms with Crippen molar-refractivity contribution in [2.24, 2.45) is 11.3 Å². The molecule has 3 aliphatic heterocycles. The summed E-state index contributed by atoms with van der Waals surface area (Å²) in [6.07, 6.45) is -0.929. The number of carbonyl (C=O) groups is 3. The van der Waals surface area contributed by atoms with Crippen molar-refractivity contribution in [1.82, 2.24) is 15.1 Å². The summed E-state index contributed by atoms with van der Waals surface area (Å²) in [7, 11) is 0. The summed E-state index contributed by atoms with van der Waals surface area (Å²) in [5.41, 5.74) is -0.848. The van der Waals surface area contributed by atoms with Gasteiger partial charge in [0, 0.05) is 31.6 Å². The second-order valence-electron chi connectivity index (χ2n) is 7.49. The molecule has 0 radical (unpaired) electrons. The van der Waals surface area contributed by atoms with E-state index in [9.17, 15) is 14.4 Å². The van der Waals surface area contributed by atoms with E-state index < -0.39 is 11.7 Å². The van der Waals surface area contributed by atoms with Crippen molar-refractivity contribution in [2.75, 3.05) is 39.3 Å². The molecular formula is C15H23N3O5. The van der Waals surface area contributed by atoms with E-state index in [4.69, 9.17) is 9.47 Å². The van der Waals surface area contributed by atoms with E-state index in [0.29, 0.717) is 32.7 Å². The van der Waals surface area contributed by atoms with Gasteiger partial charge in [-0.25, -0.2) is 14.5 Å². The van der Waals surface area contributed by atoms with Crippen LogP contribution in [0.2, 0.25) is 0 Å². The number of cyclic esters (lactones) is 1. The van der Waals surface area contributed by atoms with Gasteiger partial charge >= 0.3 is 12.2 Å². The smallest absolute Gasteiger partial charge is 0.416 e. The molecule has 0 saturated carbocycles. The number of hydrogen-bond acceptors (Lipinski definition) is 6. The standard InChI is InChI=1S/C15H23N3O5/c1-14(2,3)23-12(20)17-8-15(9-17)7-16-6-10(15)11(19)18-4-5-22-13(18)21/h10,16H,4-9H2,1-3H3. The topological polar surface area (TPSA) is 88.2 Å². The summed E-state index contributed by atoms with van der Waals surface area (Å²) < 4.78 is 10.2. The van der Waals surface area contributed by atoms with E-state index in [0.717, 1.165) is 0 Å². The van der Waals surface area contributed by atoms with Gasteiger partial charge in [0.15, 0.2) is 0 Å². The Morgan fingerprint density at radius 1 is 1.35 bits per heavy atom. The zero-order valence-corrected chi connectivity index (χ0v) is 13.8. The molecule has 0 aromatic heterocycles. The van der Waals surface area contributed by atoms with Crippen LogP contribution in [-0.4, -0.2) is 72.8 Å². The molecule has 8 nitrogen and oxygen atoms in total. The van der Waals surface area contributed by atoms with Crippen LogP contribution in [0, 0.1) is 11.3 Å². The average Bonchev–Trinajstić information content (AvgIpc) is 2.99. The maximum atomic E-state index is 12.6.